The summed E-state index contributed by atoms with van der Waals surface area (Å²) in [5.74, 6) is 2.15. The molecule has 1 saturated heterocycles. The highest BCUT2D eigenvalue weighted by Gasteiger charge is 2.23. The number of benzene rings is 1. The molecule has 2 aliphatic rings. The molecule has 0 bridgehead atoms. The fourth-order valence-corrected chi connectivity index (χ4v) is 3.39. The number of likely N-dealkylation sites (tertiary alicyclic amines) is 1. The number of ether oxygens (including phenoxy) is 2. The van der Waals surface area contributed by atoms with Gasteiger partial charge in [0, 0.05) is 49.6 Å². The van der Waals surface area contributed by atoms with Crippen LogP contribution in [0, 0.1) is 0 Å². The molecule has 1 fully saturated rings. The maximum absolute atomic E-state index is 11.7. The quantitative estimate of drug-likeness (QED) is 0.873. The van der Waals surface area contributed by atoms with Crippen LogP contribution >= 0.6 is 0 Å². The molecule has 2 unspecified atom stereocenters. The smallest absolute Gasteiger partial charge is 0.222 e. The zero-order chi connectivity index (χ0) is 16.4. The van der Waals surface area contributed by atoms with E-state index in [0.717, 1.165) is 43.0 Å². The molecule has 1 N–H and O–H groups in total. The molecule has 2 heterocycles. The van der Waals surface area contributed by atoms with Crippen LogP contribution in [0.25, 0.3) is 0 Å². The molecule has 3 rings (SSSR count). The Balaban J connectivity index is 1.61. The van der Waals surface area contributed by atoms with Crippen molar-refractivity contribution in [2.24, 2.45) is 0 Å². The van der Waals surface area contributed by atoms with Crippen LogP contribution in [0.1, 0.15) is 37.8 Å². The van der Waals surface area contributed by atoms with Gasteiger partial charge >= 0.3 is 0 Å². The van der Waals surface area contributed by atoms with Gasteiger partial charge in [-0.2, -0.15) is 0 Å². The van der Waals surface area contributed by atoms with Gasteiger partial charge in [0.2, 0.25) is 5.91 Å². The lowest BCUT2D eigenvalue weighted by Crippen LogP contribution is -2.39. The van der Waals surface area contributed by atoms with Crippen LogP contribution in [0.3, 0.4) is 0 Å². The maximum Gasteiger partial charge on any atom is 0.222 e. The normalized spacial score (nSPS) is 21.3. The van der Waals surface area contributed by atoms with Crippen molar-refractivity contribution in [2.75, 3.05) is 20.2 Å². The molecule has 1 aromatic carbocycles. The Morgan fingerprint density at radius 2 is 2.30 bits per heavy atom. The lowest BCUT2D eigenvalue weighted by molar-refractivity contribution is -0.127. The first-order valence-electron chi connectivity index (χ1n) is 8.44. The highest BCUT2D eigenvalue weighted by Crippen LogP contribution is 2.34. The van der Waals surface area contributed by atoms with Crippen molar-refractivity contribution in [1.29, 1.82) is 0 Å². The molecule has 0 aliphatic carbocycles. The fourth-order valence-electron chi connectivity index (χ4n) is 3.39. The van der Waals surface area contributed by atoms with Gasteiger partial charge in [-0.1, -0.05) is 0 Å². The van der Waals surface area contributed by atoms with Gasteiger partial charge in [-0.3, -0.25) is 4.79 Å². The summed E-state index contributed by atoms with van der Waals surface area (Å²) in [5, 5.41) is 3.49. The number of nitrogens with zero attached hydrogens (tertiary/aromatic N) is 1. The van der Waals surface area contributed by atoms with Crippen LogP contribution in [0.5, 0.6) is 11.5 Å². The Morgan fingerprint density at radius 1 is 1.48 bits per heavy atom. The average molecular weight is 318 g/mol. The van der Waals surface area contributed by atoms with E-state index in [2.05, 4.69) is 31.3 Å². The number of amides is 1. The van der Waals surface area contributed by atoms with Gasteiger partial charge in [0.25, 0.3) is 0 Å². The molecule has 0 aromatic heterocycles. The number of fused-ring (bicyclic) bond motifs is 1. The van der Waals surface area contributed by atoms with Crippen molar-refractivity contribution in [3.63, 3.8) is 0 Å². The van der Waals surface area contributed by atoms with Gasteiger partial charge < -0.3 is 19.7 Å². The maximum atomic E-state index is 11.7. The van der Waals surface area contributed by atoms with Crippen molar-refractivity contribution < 1.29 is 14.3 Å². The first kappa shape index (κ1) is 16.1. The molecular weight excluding hydrogens is 292 g/mol. The summed E-state index contributed by atoms with van der Waals surface area (Å²) in [6.45, 7) is 6.55. The predicted octanol–water partition coefficient (Wildman–Crippen LogP) is 2.12. The van der Waals surface area contributed by atoms with Gasteiger partial charge in [0.1, 0.15) is 17.6 Å². The third-order valence-corrected chi connectivity index (χ3v) is 4.61. The second kappa shape index (κ2) is 6.79. The molecule has 5 nitrogen and oxygen atoms in total. The average Bonchev–Trinajstić information content (AvgIpc) is 3.08. The van der Waals surface area contributed by atoms with E-state index in [1.165, 1.54) is 5.56 Å². The van der Waals surface area contributed by atoms with Crippen LogP contribution < -0.4 is 14.8 Å². The Morgan fingerprint density at radius 3 is 3.00 bits per heavy atom. The van der Waals surface area contributed by atoms with Gasteiger partial charge in [0.05, 0.1) is 7.11 Å². The van der Waals surface area contributed by atoms with Gasteiger partial charge in [-0.05, 0) is 32.4 Å². The number of carbonyl (C=O) groups is 1. The van der Waals surface area contributed by atoms with Crippen LogP contribution in [-0.2, 0) is 17.8 Å². The lowest BCUT2D eigenvalue weighted by Gasteiger charge is -2.22. The highest BCUT2D eigenvalue weighted by molar-refractivity contribution is 5.78. The Labute approximate surface area is 137 Å². The molecule has 1 aromatic rings. The summed E-state index contributed by atoms with van der Waals surface area (Å²) < 4.78 is 11.4. The van der Waals surface area contributed by atoms with Crippen molar-refractivity contribution in [3.05, 3.63) is 23.3 Å². The van der Waals surface area contributed by atoms with E-state index in [1.54, 1.807) is 7.11 Å². The minimum atomic E-state index is 0.234. The number of hydrogen-bond acceptors (Lipinski definition) is 4. The van der Waals surface area contributed by atoms with E-state index in [1.807, 2.05) is 4.90 Å². The van der Waals surface area contributed by atoms with Crippen molar-refractivity contribution >= 4 is 5.91 Å². The fraction of sp³-hybridized carbons (Fsp3) is 0.611. The second-order valence-corrected chi connectivity index (χ2v) is 6.63. The molecule has 23 heavy (non-hydrogen) atoms. The van der Waals surface area contributed by atoms with Gasteiger partial charge in [-0.15, -0.1) is 0 Å². The summed E-state index contributed by atoms with van der Waals surface area (Å²) >= 11 is 0. The SMILES string of the molecule is COc1cc2c(cc1CNC(C)CN1CCCC1=O)OC(C)C2. The highest BCUT2D eigenvalue weighted by atomic mass is 16.5. The summed E-state index contributed by atoms with van der Waals surface area (Å²) in [5.41, 5.74) is 2.31. The zero-order valence-electron chi connectivity index (χ0n) is 14.2. The minimum absolute atomic E-state index is 0.234. The lowest BCUT2D eigenvalue weighted by atomic mass is 10.1. The van der Waals surface area contributed by atoms with E-state index < -0.39 is 0 Å². The number of nitrogens with one attached hydrogen (secondary N) is 1. The van der Waals surface area contributed by atoms with Crippen molar-refractivity contribution in [2.45, 2.75) is 51.8 Å². The zero-order valence-corrected chi connectivity index (χ0v) is 14.2. The molecule has 0 spiro atoms. The van der Waals surface area contributed by atoms with Crippen molar-refractivity contribution in [3.8, 4) is 11.5 Å². The molecule has 0 radical (unpaired) electrons. The van der Waals surface area contributed by atoms with E-state index in [0.29, 0.717) is 13.0 Å². The molecule has 126 valence electrons. The van der Waals surface area contributed by atoms with E-state index in [9.17, 15) is 4.79 Å². The van der Waals surface area contributed by atoms with E-state index in [4.69, 9.17) is 9.47 Å². The van der Waals surface area contributed by atoms with Crippen LogP contribution in [-0.4, -0.2) is 43.2 Å². The van der Waals surface area contributed by atoms with Crippen LogP contribution in [0.15, 0.2) is 12.1 Å². The first-order valence-corrected chi connectivity index (χ1v) is 8.44. The van der Waals surface area contributed by atoms with Crippen molar-refractivity contribution in [1.82, 2.24) is 10.2 Å². The summed E-state index contributed by atoms with van der Waals surface area (Å²) in [6.07, 6.45) is 2.85. The third-order valence-electron chi connectivity index (χ3n) is 4.61. The standard InChI is InChI=1S/C18H26N2O3/c1-12(11-20-6-4-5-18(20)21)19-10-15-9-17-14(7-13(2)23-17)8-16(15)22-3/h8-9,12-13,19H,4-7,10-11H2,1-3H3. The van der Waals surface area contributed by atoms with Crippen LogP contribution in [0.4, 0.5) is 0 Å². The summed E-state index contributed by atoms with van der Waals surface area (Å²) in [7, 11) is 1.71. The molecule has 1 amide bonds. The van der Waals surface area contributed by atoms with Crippen LogP contribution in [0.2, 0.25) is 0 Å². The topological polar surface area (TPSA) is 50.8 Å². The largest absolute Gasteiger partial charge is 0.496 e. The third kappa shape index (κ3) is 3.61. The molecule has 5 heteroatoms. The van der Waals surface area contributed by atoms with Gasteiger partial charge in [-0.25, -0.2) is 0 Å². The Bertz CT molecular complexity index is 588. The number of rotatable bonds is 6. The molecule has 0 saturated carbocycles. The molecular formula is C18H26N2O3. The Kier molecular flexibility index (Phi) is 4.76. The van der Waals surface area contributed by atoms with Gasteiger partial charge in [0.15, 0.2) is 0 Å². The monoisotopic (exact) mass is 318 g/mol. The first-order chi connectivity index (χ1) is 11.1. The summed E-state index contributed by atoms with van der Waals surface area (Å²) in [4.78, 5) is 13.7. The molecule has 2 atom stereocenters. The minimum Gasteiger partial charge on any atom is -0.496 e. The molecule has 2 aliphatic heterocycles. The predicted molar refractivity (Wildman–Crippen MR) is 88.9 cm³/mol. The number of methoxy groups -OCH3 is 1. The van der Waals surface area contributed by atoms with E-state index >= 15 is 0 Å². The second-order valence-electron chi connectivity index (χ2n) is 6.63. The van der Waals surface area contributed by atoms with E-state index in [-0.39, 0.29) is 18.1 Å². The summed E-state index contributed by atoms with van der Waals surface area (Å²) in [6, 6.07) is 4.41. The number of hydrogen-bond donors (Lipinski definition) is 1. The Hall–Kier alpha value is -1.75. The number of carbonyl (C=O) groups excluding carboxylic acids is 1.